The van der Waals surface area contributed by atoms with Gasteiger partial charge in [0.25, 0.3) is 0 Å². The molecular formula is C52H62N8O9S. The van der Waals surface area contributed by atoms with E-state index >= 15 is 0 Å². The number of amides is 4. The van der Waals surface area contributed by atoms with Crippen LogP contribution in [0.5, 0.6) is 0 Å². The van der Waals surface area contributed by atoms with Gasteiger partial charge in [0.1, 0.15) is 41.1 Å². The first-order valence-electron chi connectivity index (χ1n) is 23.6. The molecule has 0 aliphatic carbocycles. The van der Waals surface area contributed by atoms with Gasteiger partial charge in [-0.2, -0.15) is 0 Å². The summed E-state index contributed by atoms with van der Waals surface area (Å²) in [6, 6.07) is 17.2. The molecule has 0 saturated carbocycles. The van der Waals surface area contributed by atoms with Crippen LogP contribution in [-0.4, -0.2) is 96.2 Å². The van der Waals surface area contributed by atoms with E-state index in [4.69, 9.17) is 18.2 Å². The second-order valence-corrected chi connectivity index (χ2v) is 21.5. The number of likely N-dealkylation sites (tertiary alicyclic amines) is 2. The summed E-state index contributed by atoms with van der Waals surface area (Å²) in [7, 11) is 0. The third-order valence-electron chi connectivity index (χ3n) is 13.1. The molecule has 2 aromatic carbocycles. The van der Waals surface area contributed by atoms with Crippen LogP contribution in [-0.2, 0) is 43.6 Å². The van der Waals surface area contributed by atoms with Crippen molar-refractivity contribution < 1.29 is 42.5 Å². The van der Waals surface area contributed by atoms with Crippen LogP contribution in [0.1, 0.15) is 112 Å². The molecule has 3 N–H and O–H groups in total. The minimum atomic E-state index is -0.905. The van der Waals surface area contributed by atoms with Crippen LogP contribution in [0.15, 0.2) is 86.0 Å². The Bertz CT molecular complexity index is 2800. The van der Waals surface area contributed by atoms with Crippen molar-refractivity contribution in [3.8, 4) is 21.8 Å². The standard InChI is InChI=1S/C52H62N8O9S/c1-29-18-41(68-57-29)43(51(4,5)6)50(65)60-25-38(21-40(60)48(63)54-23-33-12-16-35(17-13-33)46-31(3)56-28-70-46)66-26-36-19-42(69-58-36)44(52(7,8)9)49(64)59-24-37(61)20-39(59)47(62)53-22-32-10-14-34(15-11-32)45-30(2)55-27-67-45/h10-19,27-28,37-40,43-44,61H,20-26H2,1-9H3,(H,53,62)(H,54,63)/t37-,38-,39+,40+,43-,44-/m1/s1. The van der Waals surface area contributed by atoms with E-state index in [2.05, 4.69) is 30.9 Å². The van der Waals surface area contributed by atoms with E-state index in [0.29, 0.717) is 22.9 Å². The lowest BCUT2D eigenvalue weighted by Crippen LogP contribution is -2.49. The van der Waals surface area contributed by atoms with Crippen molar-refractivity contribution in [1.29, 1.82) is 0 Å². The summed E-state index contributed by atoms with van der Waals surface area (Å²) in [4.78, 5) is 69.7. The lowest BCUT2D eigenvalue weighted by atomic mass is 9.78. The Balaban J connectivity index is 0.939. The quantitative estimate of drug-likeness (QED) is 0.0914. The number of nitrogens with one attached hydrogen (secondary N) is 2. The van der Waals surface area contributed by atoms with Gasteiger partial charge in [-0.1, -0.05) is 100 Å². The van der Waals surface area contributed by atoms with Crippen LogP contribution < -0.4 is 10.6 Å². The normalized spacial score (nSPS) is 19.3. The number of nitrogens with zero attached hydrogens (tertiary/aromatic N) is 6. The first kappa shape index (κ1) is 49.9. The number of carbonyl (C=O) groups excluding carboxylic acids is 4. The third-order valence-corrected chi connectivity index (χ3v) is 14.0. The van der Waals surface area contributed by atoms with Gasteiger partial charge >= 0.3 is 0 Å². The molecule has 6 atom stereocenters. The first-order chi connectivity index (χ1) is 33.2. The van der Waals surface area contributed by atoms with Crippen molar-refractivity contribution in [2.45, 2.75) is 131 Å². The van der Waals surface area contributed by atoms with Crippen molar-refractivity contribution >= 4 is 35.0 Å². The van der Waals surface area contributed by atoms with Gasteiger partial charge in [0.15, 0.2) is 12.2 Å². The molecule has 8 rings (SSSR count). The van der Waals surface area contributed by atoms with Gasteiger partial charge in [-0.25, -0.2) is 9.97 Å². The molecule has 17 nitrogen and oxygen atoms in total. The zero-order valence-corrected chi connectivity index (χ0v) is 42.0. The number of ether oxygens (including phenoxy) is 1. The van der Waals surface area contributed by atoms with Crippen LogP contribution in [0.2, 0.25) is 0 Å². The van der Waals surface area contributed by atoms with Crippen LogP contribution in [0.4, 0.5) is 0 Å². The zero-order chi connectivity index (χ0) is 50.1. The number of β-amino-alcohol motifs (C(OH)–C–C–N with tert-alkyl or cyclic N) is 1. The van der Waals surface area contributed by atoms with Gasteiger partial charge in [0.05, 0.1) is 46.3 Å². The molecule has 2 aliphatic heterocycles. The SMILES string of the molecule is Cc1cc([C@H](C(=O)N2C[C@H](OCc3cc([C@H](C(=O)N4C[C@H](O)C[C@H]4C(=O)NCc4ccc(-c5ocnc5C)cc4)C(C)(C)C)on3)C[C@H]2C(=O)NCc2ccc(-c3scnc3C)cc2)C(C)(C)C)on1. The summed E-state index contributed by atoms with van der Waals surface area (Å²) >= 11 is 1.58. The number of aromatic nitrogens is 4. The highest BCUT2D eigenvalue weighted by molar-refractivity contribution is 7.13. The molecule has 70 heavy (non-hydrogen) atoms. The summed E-state index contributed by atoms with van der Waals surface area (Å²) < 4.78 is 23.4. The van der Waals surface area contributed by atoms with Crippen LogP contribution >= 0.6 is 11.3 Å². The molecule has 6 heterocycles. The lowest BCUT2D eigenvalue weighted by Gasteiger charge is -2.33. The Morgan fingerprint density at radius 1 is 0.743 bits per heavy atom. The third kappa shape index (κ3) is 11.1. The maximum Gasteiger partial charge on any atom is 0.243 e. The van der Waals surface area contributed by atoms with Gasteiger partial charge < -0.3 is 43.7 Å². The monoisotopic (exact) mass is 974 g/mol. The first-order valence-corrected chi connectivity index (χ1v) is 24.5. The maximum atomic E-state index is 14.7. The fourth-order valence-electron chi connectivity index (χ4n) is 9.46. The predicted molar refractivity (Wildman–Crippen MR) is 260 cm³/mol. The molecule has 0 spiro atoms. The number of aliphatic hydroxyl groups excluding tert-OH is 1. The van der Waals surface area contributed by atoms with Crippen molar-refractivity contribution in [2.75, 3.05) is 13.1 Å². The number of thiazole rings is 1. The van der Waals surface area contributed by atoms with E-state index in [1.54, 1.807) is 35.3 Å². The van der Waals surface area contributed by atoms with Gasteiger partial charge in [0.2, 0.25) is 23.6 Å². The van der Waals surface area contributed by atoms with Gasteiger partial charge in [-0.3, -0.25) is 19.2 Å². The number of oxazole rings is 1. The topological polar surface area (TPSA) is 219 Å². The van der Waals surface area contributed by atoms with Gasteiger partial charge in [-0.05, 0) is 48.3 Å². The van der Waals surface area contributed by atoms with Gasteiger partial charge in [-0.15, -0.1) is 11.3 Å². The maximum absolute atomic E-state index is 14.7. The van der Waals surface area contributed by atoms with E-state index < -0.39 is 47.0 Å². The molecule has 4 amide bonds. The summed E-state index contributed by atoms with van der Waals surface area (Å²) in [6.07, 6.45) is 0.255. The fraction of sp³-hybridized carbons (Fsp3) is 0.462. The molecule has 2 aliphatic rings. The highest BCUT2D eigenvalue weighted by atomic mass is 32.1. The number of carbonyl (C=O) groups is 4. The number of hydrogen-bond donors (Lipinski definition) is 3. The summed E-state index contributed by atoms with van der Waals surface area (Å²) in [5.41, 5.74) is 7.00. The molecule has 370 valence electrons. The van der Waals surface area contributed by atoms with Crippen molar-refractivity contribution in [1.82, 2.24) is 40.7 Å². The smallest absolute Gasteiger partial charge is 0.243 e. The molecule has 0 unspecified atom stereocenters. The minimum absolute atomic E-state index is 0.0178. The molecular weight excluding hydrogens is 913 g/mol. The second kappa shape index (κ2) is 20.5. The largest absolute Gasteiger partial charge is 0.443 e. The molecule has 0 radical (unpaired) electrons. The average molecular weight is 975 g/mol. The Labute approximate surface area is 411 Å². The predicted octanol–water partition coefficient (Wildman–Crippen LogP) is 7.41. The Hall–Kier alpha value is -6.50. The Morgan fingerprint density at radius 2 is 1.30 bits per heavy atom. The van der Waals surface area contributed by atoms with E-state index in [9.17, 15) is 24.3 Å². The number of hydrogen-bond acceptors (Lipinski definition) is 14. The minimum Gasteiger partial charge on any atom is -0.443 e. The lowest BCUT2D eigenvalue weighted by molar-refractivity contribution is -0.142. The Morgan fingerprint density at radius 3 is 1.83 bits per heavy atom. The van der Waals surface area contributed by atoms with Crippen molar-refractivity contribution in [3.63, 3.8) is 0 Å². The van der Waals surface area contributed by atoms with Crippen molar-refractivity contribution in [3.05, 3.63) is 118 Å². The highest BCUT2D eigenvalue weighted by Crippen LogP contribution is 2.41. The number of aliphatic hydroxyl groups is 1. The van der Waals surface area contributed by atoms with Crippen LogP contribution in [0.25, 0.3) is 21.8 Å². The fourth-order valence-corrected chi connectivity index (χ4v) is 10.3. The molecule has 18 heteroatoms. The number of aryl methyl sites for hydroxylation is 3. The summed E-state index contributed by atoms with van der Waals surface area (Å²) in [5.74, 6) is -1.56. The zero-order valence-electron chi connectivity index (χ0n) is 41.1. The highest BCUT2D eigenvalue weighted by Gasteiger charge is 2.48. The second-order valence-electron chi connectivity index (χ2n) is 20.6. The molecule has 2 saturated heterocycles. The summed E-state index contributed by atoms with van der Waals surface area (Å²) in [5, 5.41) is 25.2. The Kier molecular flexibility index (Phi) is 14.6. The van der Waals surface area contributed by atoms with E-state index in [1.807, 2.05) is 109 Å². The van der Waals surface area contributed by atoms with E-state index in [1.165, 1.54) is 11.3 Å². The number of benzene rings is 2. The number of rotatable bonds is 15. The van der Waals surface area contributed by atoms with E-state index in [-0.39, 0.29) is 75.0 Å². The molecule has 2 fully saturated rings. The average Bonchev–Trinajstić information content (AvgIpc) is 4.19. The van der Waals surface area contributed by atoms with Crippen LogP contribution in [0, 0.1) is 31.6 Å². The molecule has 6 aromatic rings. The van der Waals surface area contributed by atoms with E-state index in [0.717, 1.165) is 38.5 Å². The van der Waals surface area contributed by atoms with Crippen LogP contribution in [0.3, 0.4) is 0 Å². The molecule has 0 bridgehead atoms. The van der Waals surface area contributed by atoms with Crippen molar-refractivity contribution in [2.24, 2.45) is 10.8 Å². The van der Waals surface area contributed by atoms with Gasteiger partial charge in [0, 0.05) is 56.7 Å². The summed E-state index contributed by atoms with van der Waals surface area (Å²) in [6.45, 7) is 17.7. The molecule has 4 aromatic heterocycles.